The van der Waals surface area contributed by atoms with Crippen LogP contribution in [0.4, 0.5) is 0 Å². The molecule has 1 N–H and O–H groups in total. The van der Waals surface area contributed by atoms with Crippen LogP contribution in [0.15, 0.2) is 35.4 Å². The number of benzene rings is 2. The van der Waals surface area contributed by atoms with Crippen LogP contribution in [0.5, 0.6) is 17.2 Å². The second kappa shape index (κ2) is 12.6. The third-order valence-electron chi connectivity index (χ3n) is 5.07. The Morgan fingerprint density at radius 3 is 2.52 bits per heavy atom. The molecular formula is C25H34N2O4. The minimum absolute atomic E-state index is 0.101. The summed E-state index contributed by atoms with van der Waals surface area (Å²) in [6.07, 6.45) is 6.17. The second-order valence-electron chi connectivity index (χ2n) is 7.55. The molecule has 0 fully saturated rings. The molecule has 0 aliphatic rings. The fraction of sp³-hybridized carbons (Fsp3) is 0.440. The maximum atomic E-state index is 12.1. The van der Waals surface area contributed by atoms with E-state index in [4.69, 9.17) is 14.2 Å². The van der Waals surface area contributed by atoms with Crippen LogP contribution in [0.2, 0.25) is 0 Å². The highest BCUT2D eigenvalue weighted by atomic mass is 16.5. The van der Waals surface area contributed by atoms with Gasteiger partial charge in [-0.1, -0.05) is 38.3 Å². The molecule has 0 unspecified atom stereocenters. The molecule has 6 nitrogen and oxygen atoms in total. The standard InChI is InChI=1S/C25H34N2O4/c1-6-7-8-9-14-30-22-13-12-21(15-23(22)29-5)16-26-27-24(28)17-31-25-19(3)11-10-18(2)20(25)4/h10-13,15-16H,6-9,14,17H2,1-5H3,(H,27,28)/b26-16+. The zero-order chi connectivity index (χ0) is 22.6. The summed E-state index contributed by atoms with van der Waals surface area (Å²) >= 11 is 0. The van der Waals surface area contributed by atoms with Crippen molar-refractivity contribution in [1.82, 2.24) is 5.43 Å². The first-order valence-corrected chi connectivity index (χ1v) is 10.8. The van der Waals surface area contributed by atoms with Crippen LogP contribution in [0.25, 0.3) is 0 Å². The summed E-state index contributed by atoms with van der Waals surface area (Å²) in [4.78, 5) is 12.1. The summed E-state index contributed by atoms with van der Waals surface area (Å²) in [6, 6.07) is 9.58. The van der Waals surface area contributed by atoms with E-state index in [2.05, 4.69) is 17.5 Å². The predicted octanol–water partition coefficient (Wildman–Crippen LogP) is 5.11. The Morgan fingerprint density at radius 2 is 1.77 bits per heavy atom. The van der Waals surface area contributed by atoms with Crippen LogP contribution < -0.4 is 19.6 Å². The molecule has 0 bridgehead atoms. The molecule has 6 heteroatoms. The SMILES string of the molecule is CCCCCCOc1ccc(/C=N/NC(=O)COc2c(C)ccc(C)c2C)cc1OC. The molecule has 0 heterocycles. The lowest BCUT2D eigenvalue weighted by Crippen LogP contribution is -2.25. The van der Waals surface area contributed by atoms with Crippen molar-refractivity contribution in [3.63, 3.8) is 0 Å². The highest BCUT2D eigenvalue weighted by Gasteiger charge is 2.09. The first-order valence-electron chi connectivity index (χ1n) is 10.8. The minimum atomic E-state index is -0.324. The van der Waals surface area contributed by atoms with Crippen LogP contribution in [0, 0.1) is 20.8 Å². The van der Waals surface area contributed by atoms with Crippen LogP contribution in [0.3, 0.4) is 0 Å². The smallest absolute Gasteiger partial charge is 0.277 e. The van der Waals surface area contributed by atoms with Gasteiger partial charge < -0.3 is 14.2 Å². The lowest BCUT2D eigenvalue weighted by Gasteiger charge is -2.13. The molecule has 2 aromatic carbocycles. The van der Waals surface area contributed by atoms with Crippen LogP contribution in [-0.4, -0.2) is 32.4 Å². The molecule has 31 heavy (non-hydrogen) atoms. The van der Waals surface area contributed by atoms with Crippen LogP contribution in [0.1, 0.15) is 54.9 Å². The zero-order valence-corrected chi connectivity index (χ0v) is 19.3. The van der Waals surface area contributed by atoms with Gasteiger partial charge in [0.15, 0.2) is 18.1 Å². The number of ether oxygens (including phenoxy) is 3. The van der Waals surface area contributed by atoms with Crippen LogP contribution >= 0.6 is 0 Å². The fourth-order valence-electron chi connectivity index (χ4n) is 3.09. The summed E-state index contributed by atoms with van der Waals surface area (Å²) < 4.78 is 16.9. The van der Waals surface area contributed by atoms with Gasteiger partial charge in [0, 0.05) is 0 Å². The van der Waals surface area contributed by atoms with Gasteiger partial charge in [0.25, 0.3) is 5.91 Å². The molecule has 2 rings (SSSR count). The third-order valence-corrected chi connectivity index (χ3v) is 5.07. The van der Waals surface area contributed by atoms with Crippen molar-refractivity contribution in [2.24, 2.45) is 5.10 Å². The van der Waals surface area contributed by atoms with Gasteiger partial charge in [0.05, 0.1) is 19.9 Å². The van der Waals surface area contributed by atoms with Gasteiger partial charge in [-0.25, -0.2) is 5.43 Å². The maximum Gasteiger partial charge on any atom is 0.277 e. The topological polar surface area (TPSA) is 69.2 Å². The number of hydrogen-bond acceptors (Lipinski definition) is 5. The average molecular weight is 427 g/mol. The van der Waals surface area contributed by atoms with Gasteiger partial charge in [0.1, 0.15) is 5.75 Å². The van der Waals surface area contributed by atoms with Crippen molar-refractivity contribution >= 4 is 12.1 Å². The van der Waals surface area contributed by atoms with Crippen molar-refractivity contribution < 1.29 is 19.0 Å². The number of methoxy groups -OCH3 is 1. The lowest BCUT2D eigenvalue weighted by atomic mass is 10.1. The highest BCUT2D eigenvalue weighted by Crippen LogP contribution is 2.28. The summed E-state index contributed by atoms with van der Waals surface area (Å²) in [6.45, 7) is 8.72. The molecule has 0 saturated heterocycles. The first kappa shape index (κ1) is 24.3. The van der Waals surface area contributed by atoms with Gasteiger partial charge in [0.2, 0.25) is 0 Å². The molecule has 0 spiro atoms. The number of rotatable bonds is 12. The Balaban J connectivity index is 1.86. The Morgan fingerprint density at radius 1 is 1.00 bits per heavy atom. The monoisotopic (exact) mass is 426 g/mol. The van der Waals surface area contributed by atoms with E-state index in [1.165, 1.54) is 12.8 Å². The maximum absolute atomic E-state index is 12.1. The summed E-state index contributed by atoms with van der Waals surface area (Å²) in [5, 5.41) is 4.02. The van der Waals surface area contributed by atoms with Crippen molar-refractivity contribution in [2.45, 2.75) is 53.4 Å². The summed E-state index contributed by atoms with van der Waals surface area (Å²) in [5.41, 5.74) is 6.45. The second-order valence-corrected chi connectivity index (χ2v) is 7.55. The molecule has 2 aromatic rings. The number of aryl methyl sites for hydroxylation is 2. The molecule has 0 aliphatic carbocycles. The highest BCUT2D eigenvalue weighted by molar-refractivity contribution is 5.83. The van der Waals surface area contributed by atoms with Crippen molar-refractivity contribution in [1.29, 1.82) is 0 Å². The number of carbonyl (C=O) groups is 1. The number of nitrogens with one attached hydrogen (secondary N) is 1. The predicted molar refractivity (Wildman–Crippen MR) is 125 cm³/mol. The lowest BCUT2D eigenvalue weighted by molar-refractivity contribution is -0.123. The number of carbonyl (C=O) groups excluding carboxylic acids is 1. The van der Waals surface area contributed by atoms with E-state index < -0.39 is 0 Å². The van der Waals surface area contributed by atoms with E-state index >= 15 is 0 Å². The van der Waals surface area contributed by atoms with E-state index in [-0.39, 0.29) is 12.5 Å². The molecule has 1 amide bonds. The molecule has 0 aromatic heterocycles. The number of unbranched alkanes of at least 4 members (excludes halogenated alkanes) is 3. The number of nitrogens with zero attached hydrogens (tertiary/aromatic N) is 1. The van der Waals surface area contributed by atoms with Gasteiger partial charge >= 0.3 is 0 Å². The average Bonchev–Trinajstić information content (AvgIpc) is 2.76. The first-order chi connectivity index (χ1) is 15.0. The summed E-state index contributed by atoms with van der Waals surface area (Å²) in [7, 11) is 1.61. The summed E-state index contributed by atoms with van der Waals surface area (Å²) in [5.74, 6) is 1.77. The molecule has 0 saturated carbocycles. The number of hydrogen-bond donors (Lipinski definition) is 1. The van der Waals surface area contributed by atoms with E-state index in [1.54, 1.807) is 13.3 Å². The number of hydrazone groups is 1. The van der Waals surface area contributed by atoms with Gasteiger partial charge in [-0.05, 0) is 67.6 Å². The molecule has 0 atom stereocenters. The van der Waals surface area contributed by atoms with E-state index in [0.29, 0.717) is 18.1 Å². The van der Waals surface area contributed by atoms with E-state index in [9.17, 15) is 4.79 Å². The van der Waals surface area contributed by atoms with Crippen molar-refractivity contribution in [3.05, 3.63) is 52.6 Å². The molecule has 0 aliphatic heterocycles. The molecule has 0 radical (unpaired) electrons. The quantitative estimate of drug-likeness (QED) is 0.291. The van der Waals surface area contributed by atoms with Gasteiger partial charge in [-0.3, -0.25) is 4.79 Å². The molecule has 168 valence electrons. The number of amides is 1. The normalized spacial score (nSPS) is 10.9. The van der Waals surface area contributed by atoms with Crippen molar-refractivity contribution in [3.8, 4) is 17.2 Å². The van der Waals surface area contributed by atoms with E-state index in [0.717, 1.165) is 40.8 Å². The Kier molecular flexibility index (Phi) is 9.88. The third kappa shape index (κ3) is 7.63. The molecular weight excluding hydrogens is 392 g/mol. The Labute approximate surface area is 185 Å². The fourth-order valence-corrected chi connectivity index (χ4v) is 3.09. The van der Waals surface area contributed by atoms with Gasteiger partial charge in [-0.2, -0.15) is 5.10 Å². The van der Waals surface area contributed by atoms with Crippen molar-refractivity contribution in [2.75, 3.05) is 20.3 Å². The Bertz CT molecular complexity index is 893. The minimum Gasteiger partial charge on any atom is -0.493 e. The Hall–Kier alpha value is -3.02. The van der Waals surface area contributed by atoms with Gasteiger partial charge in [-0.15, -0.1) is 0 Å². The zero-order valence-electron chi connectivity index (χ0n) is 19.3. The van der Waals surface area contributed by atoms with E-state index in [1.807, 2.05) is 51.1 Å². The van der Waals surface area contributed by atoms with Crippen LogP contribution in [-0.2, 0) is 4.79 Å². The largest absolute Gasteiger partial charge is 0.493 e.